The van der Waals surface area contributed by atoms with E-state index in [2.05, 4.69) is 17.1 Å². The van der Waals surface area contributed by atoms with Crippen LogP contribution in [-0.2, 0) is 13.0 Å². The molecule has 17 heavy (non-hydrogen) atoms. The smallest absolute Gasteiger partial charge is 0.127 e. The van der Waals surface area contributed by atoms with E-state index in [-0.39, 0.29) is 5.82 Å². The number of aryl methyl sites for hydroxylation is 1. The summed E-state index contributed by atoms with van der Waals surface area (Å²) in [5, 5.41) is 3.37. The Labute approximate surface area is 103 Å². The molecule has 1 aliphatic rings. The third kappa shape index (κ3) is 3.27. The molecule has 1 N–H and O–H groups in total. The van der Waals surface area contributed by atoms with E-state index >= 15 is 0 Å². The van der Waals surface area contributed by atoms with Crippen molar-refractivity contribution in [2.75, 3.05) is 26.2 Å². The van der Waals surface area contributed by atoms with E-state index in [1.165, 1.54) is 0 Å². The van der Waals surface area contributed by atoms with Crippen LogP contribution in [0.1, 0.15) is 24.5 Å². The molecule has 0 radical (unpaired) electrons. The molecule has 0 saturated carbocycles. The number of nitrogens with one attached hydrogen (secondary N) is 1. The van der Waals surface area contributed by atoms with Gasteiger partial charge in [0.05, 0.1) is 0 Å². The summed E-state index contributed by atoms with van der Waals surface area (Å²) in [6.07, 6.45) is 2.05. The van der Waals surface area contributed by atoms with Crippen molar-refractivity contribution in [3.8, 4) is 0 Å². The van der Waals surface area contributed by atoms with Crippen molar-refractivity contribution in [2.24, 2.45) is 0 Å². The molecule has 2 nitrogen and oxygen atoms in total. The molecule has 0 unspecified atom stereocenters. The number of nitrogens with zero attached hydrogens (tertiary/aromatic N) is 1. The average Bonchev–Trinajstić information content (AvgIpc) is 2.60. The average molecular weight is 236 g/mol. The van der Waals surface area contributed by atoms with Crippen molar-refractivity contribution < 1.29 is 4.39 Å². The Bertz CT molecular complexity index is 357. The highest BCUT2D eigenvalue weighted by Gasteiger charge is 2.13. The predicted molar refractivity (Wildman–Crippen MR) is 68.5 cm³/mol. The van der Waals surface area contributed by atoms with Crippen LogP contribution in [0.25, 0.3) is 0 Å². The van der Waals surface area contributed by atoms with Gasteiger partial charge in [0.1, 0.15) is 5.82 Å². The fraction of sp³-hybridized carbons (Fsp3) is 0.571. The van der Waals surface area contributed by atoms with E-state index in [0.717, 1.165) is 56.7 Å². The van der Waals surface area contributed by atoms with Gasteiger partial charge >= 0.3 is 0 Å². The number of hydrogen-bond donors (Lipinski definition) is 1. The van der Waals surface area contributed by atoms with Crippen LogP contribution in [0.4, 0.5) is 4.39 Å². The minimum Gasteiger partial charge on any atom is -0.315 e. The molecule has 1 aromatic carbocycles. The van der Waals surface area contributed by atoms with Crippen LogP contribution >= 0.6 is 0 Å². The molecule has 2 rings (SSSR count). The minimum absolute atomic E-state index is 0.0541. The lowest BCUT2D eigenvalue weighted by molar-refractivity contribution is 0.279. The number of halogens is 1. The van der Waals surface area contributed by atoms with Gasteiger partial charge in [0.2, 0.25) is 0 Å². The highest BCUT2D eigenvalue weighted by Crippen LogP contribution is 2.17. The van der Waals surface area contributed by atoms with Crippen molar-refractivity contribution in [1.29, 1.82) is 0 Å². The molecule has 1 fully saturated rings. The molecule has 0 aliphatic carbocycles. The van der Waals surface area contributed by atoms with E-state index < -0.39 is 0 Å². The number of hydrogen-bond acceptors (Lipinski definition) is 2. The molecule has 1 heterocycles. The zero-order valence-electron chi connectivity index (χ0n) is 10.5. The molecule has 0 bridgehead atoms. The van der Waals surface area contributed by atoms with Crippen LogP contribution in [0.3, 0.4) is 0 Å². The van der Waals surface area contributed by atoms with Crippen molar-refractivity contribution in [3.63, 3.8) is 0 Å². The normalized spacial score (nSPS) is 18.0. The molecule has 1 aliphatic heterocycles. The summed E-state index contributed by atoms with van der Waals surface area (Å²) in [6.45, 7) is 6.99. The third-order valence-electron chi connectivity index (χ3n) is 3.41. The third-order valence-corrected chi connectivity index (χ3v) is 3.41. The highest BCUT2D eigenvalue weighted by atomic mass is 19.1. The van der Waals surface area contributed by atoms with Crippen LogP contribution in [-0.4, -0.2) is 31.1 Å². The molecule has 3 heteroatoms. The van der Waals surface area contributed by atoms with Gasteiger partial charge in [-0.3, -0.25) is 4.90 Å². The van der Waals surface area contributed by atoms with Crippen LogP contribution in [0.2, 0.25) is 0 Å². The maximum Gasteiger partial charge on any atom is 0.127 e. The summed E-state index contributed by atoms with van der Waals surface area (Å²) in [5.41, 5.74) is 2.03. The Morgan fingerprint density at radius 1 is 1.29 bits per heavy atom. The van der Waals surface area contributed by atoms with Gasteiger partial charge in [0.15, 0.2) is 0 Å². The van der Waals surface area contributed by atoms with E-state index in [1.807, 2.05) is 12.1 Å². The number of rotatable bonds is 3. The summed E-state index contributed by atoms with van der Waals surface area (Å²) in [6, 6.07) is 5.42. The fourth-order valence-corrected chi connectivity index (χ4v) is 2.39. The van der Waals surface area contributed by atoms with Crippen molar-refractivity contribution in [1.82, 2.24) is 10.2 Å². The maximum absolute atomic E-state index is 13.9. The predicted octanol–water partition coefficient (Wildman–Crippen LogP) is 2.18. The van der Waals surface area contributed by atoms with Gasteiger partial charge in [-0.05, 0) is 37.6 Å². The molecular weight excluding hydrogens is 215 g/mol. The van der Waals surface area contributed by atoms with E-state index in [9.17, 15) is 4.39 Å². The first-order valence-electron chi connectivity index (χ1n) is 6.50. The van der Waals surface area contributed by atoms with Gasteiger partial charge < -0.3 is 5.32 Å². The van der Waals surface area contributed by atoms with Gasteiger partial charge in [-0.2, -0.15) is 0 Å². The molecule has 0 atom stereocenters. The van der Waals surface area contributed by atoms with Crippen molar-refractivity contribution >= 4 is 0 Å². The van der Waals surface area contributed by atoms with Crippen LogP contribution in [0, 0.1) is 5.82 Å². The molecule has 1 saturated heterocycles. The lowest BCUT2D eigenvalue weighted by Gasteiger charge is -2.21. The molecule has 94 valence electrons. The van der Waals surface area contributed by atoms with Crippen LogP contribution in [0.5, 0.6) is 0 Å². The minimum atomic E-state index is -0.0541. The second kappa shape index (κ2) is 6.12. The first-order valence-corrected chi connectivity index (χ1v) is 6.50. The lowest BCUT2D eigenvalue weighted by atomic mass is 10.0. The van der Waals surface area contributed by atoms with Crippen LogP contribution < -0.4 is 5.32 Å². The van der Waals surface area contributed by atoms with E-state index in [4.69, 9.17) is 0 Å². The molecule has 0 aromatic heterocycles. The van der Waals surface area contributed by atoms with Gasteiger partial charge in [0, 0.05) is 25.2 Å². The highest BCUT2D eigenvalue weighted by molar-refractivity contribution is 5.28. The zero-order valence-corrected chi connectivity index (χ0v) is 10.5. The first kappa shape index (κ1) is 12.5. The largest absolute Gasteiger partial charge is 0.315 e. The Kier molecular flexibility index (Phi) is 4.51. The Balaban J connectivity index is 2.11. The SMILES string of the molecule is CCc1cccc(F)c1CN1CCCNCC1. The summed E-state index contributed by atoms with van der Waals surface area (Å²) in [4.78, 5) is 2.34. The standard InChI is InChI=1S/C14H21FN2/c1-2-12-5-3-6-14(15)13(12)11-17-9-4-7-16-8-10-17/h3,5-6,16H,2,4,7-11H2,1H3. The van der Waals surface area contributed by atoms with Gasteiger partial charge in [-0.25, -0.2) is 4.39 Å². The monoisotopic (exact) mass is 236 g/mol. The summed E-state index contributed by atoms with van der Waals surface area (Å²) in [5.74, 6) is -0.0541. The topological polar surface area (TPSA) is 15.3 Å². The molecule has 0 spiro atoms. The quantitative estimate of drug-likeness (QED) is 0.865. The molecular formula is C14H21FN2. The second-order valence-corrected chi connectivity index (χ2v) is 4.61. The van der Waals surface area contributed by atoms with E-state index in [1.54, 1.807) is 6.07 Å². The van der Waals surface area contributed by atoms with Crippen molar-refractivity contribution in [3.05, 3.63) is 35.1 Å². The van der Waals surface area contributed by atoms with Gasteiger partial charge in [0.25, 0.3) is 0 Å². The molecule has 0 amide bonds. The van der Waals surface area contributed by atoms with E-state index in [0.29, 0.717) is 0 Å². The maximum atomic E-state index is 13.9. The lowest BCUT2D eigenvalue weighted by Crippen LogP contribution is -2.28. The van der Waals surface area contributed by atoms with Crippen LogP contribution in [0.15, 0.2) is 18.2 Å². The summed E-state index contributed by atoms with van der Waals surface area (Å²) >= 11 is 0. The van der Waals surface area contributed by atoms with Gasteiger partial charge in [-0.15, -0.1) is 0 Å². The van der Waals surface area contributed by atoms with Gasteiger partial charge in [-0.1, -0.05) is 19.1 Å². The fourth-order valence-electron chi connectivity index (χ4n) is 2.39. The number of benzene rings is 1. The summed E-state index contributed by atoms with van der Waals surface area (Å²) in [7, 11) is 0. The van der Waals surface area contributed by atoms with Crippen molar-refractivity contribution in [2.45, 2.75) is 26.3 Å². The Morgan fingerprint density at radius 2 is 2.18 bits per heavy atom. The molecule has 1 aromatic rings. The summed E-state index contributed by atoms with van der Waals surface area (Å²) < 4.78 is 13.9. The Morgan fingerprint density at radius 3 is 3.00 bits per heavy atom. The Hall–Kier alpha value is -0.930. The second-order valence-electron chi connectivity index (χ2n) is 4.61. The first-order chi connectivity index (χ1) is 8.31. The zero-order chi connectivity index (χ0) is 12.1.